The van der Waals surface area contributed by atoms with Crippen molar-refractivity contribution in [2.24, 2.45) is 0 Å². The summed E-state index contributed by atoms with van der Waals surface area (Å²) in [4.78, 5) is 18.9. The molecule has 0 fully saturated rings. The number of benzene rings is 3. The van der Waals surface area contributed by atoms with Gasteiger partial charge in [-0.1, -0.05) is 55.5 Å². The van der Waals surface area contributed by atoms with Crippen molar-refractivity contribution in [1.82, 2.24) is 9.97 Å². The zero-order valence-corrected chi connectivity index (χ0v) is 18.5. The lowest BCUT2D eigenvalue weighted by atomic mass is 9.82. The molecule has 2 N–H and O–H groups in total. The average molecular weight is 423 g/mol. The van der Waals surface area contributed by atoms with Crippen molar-refractivity contribution in [2.75, 3.05) is 0 Å². The third-order valence-corrected chi connectivity index (χ3v) is 6.20. The van der Waals surface area contributed by atoms with Crippen LogP contribution in [0.3, 0.4) is 0 Å². The number of esters is 1. The van der Waals surface area contributed by atoms with Gasteiger partial charge in [-0.05, 0) is 54.8 Å². The minimum atomic E-state index is -0.228. The Hall–Kier alpha value is -3.79. The maximum atomic E-state index is 11.7. The van der Waals surface area contributed by atoms with Gasteiger partial charge < -0.3 is 14.7 Å². The second kappa shape index (κ2) is 8.04. The largest absolute Gasteiger partial charge is 0.427 e. The Bertz CT molecular complexity index is 1340. The molecule has 0 bridgehead atoms. The molecular weight excluding hydrogens is 396 g/mol. The molecule has 160 valence electrons. The van der Waals surface area contributed by atoms with Crippen LogP contribution in [0.5, 0.6) is 5.75 Å². The molecule has 0 amide bonds. The first kappa shape index (κ1) is 20.1. The minimum absolute atomic E-state index is 0.0261. The second-order valence-corrected chi connectivity index (χ2v) is 8.25. The van der Waals surface area contributed by atoms with Gasteiger partial charge in [0.2, 0.25) is 0 Å². The van der Waals surface area contributed by atoms with Crippen LogP contribution in [0.25, 0.3) is 21.8 Å². The molecule has 5 rings (SSSR count). The number of ether oxygens (including phenoxy) is 1. The van der Waals surface area contributed by atoms with E-state index in [1.165, 1.54) is 21.9 Å². The molecule has 0 saturated carbocycles. The number of carbonyl (C=O) groups excluding carboxylic acids is 1. The zero-order valence-electron chi connectivity index (χ0n) is 18.5. The van der Waals surface area contributed by atoms with Crippen LogP contribution >= 0.6 is 0 Å². The number of hydrogen-bond acceptors (Lipinski definition) is 2. The third kappa shape index (κ3) is 3.38. The lowest BCUT2D eigenvalue weighted by molar-refractivity contribution is -0.134. The molecule has 0 aliphatic heterocycles. The fraction of sp³-hybridized carbons (Fsp3) is 0.179. The molecule has 0 unspecified atom stereocenters. The molecule has 3 aromatic carbocycles. The summed E-state index contributed by atoms with van der Waals surface area (Å²) < 4.78 is 5.42. The predicted molar refractivity (Wildman–Crippen MR) is 129 cm³/mol. The first-order valence-corrected chi connectivity index (χ1v) is 11.0. The highest BCUT2D eigenvalue weighted by atomic mass is 16.5. The summed E-state index contributed by atoms with van der Waals surface area (Å²) in [7, 11) is 0. The van der Waals surface area contributed by atoms with Crippen LogP contribution in [-0.2, 0) is 4.79 Å². The van der Waals surface area contributed by atoms with Crippen molar-refractivity contribution >= 4 is 27.8 Å². The average Bonchev–Trinajstić information content (AvgIpc) is 3.31. The molecular formula is C28H26N2O2. The summed E-state index contributed by atoms with van der Waals surface area (Å²) in [6.45, 7) is 6.08. The van der Waals surface area contributed by atoms with Crippen LogP contribution in [0, 0.1) is 13.8 Å². The number of nitrogens with one attached hydrogen (secondary N) is 2. The summed E-state index contributed by atoms with van der Waals surface area (Å²) in [5, 5.41) is 2.45. The smallest absolute Gasteiger partial charge is 0.310 e. The van der Waals surface area contributed by atoms with Crippen molar-refractivity contribution in [3.8, 4) is 5.75 Å². The molecule has 0 spiro atoms. The number of fused-ring (bicyclic) bond motifs is 2. The van der Waals surface area contributed by atoms with Gasteiger partial charge in [0, 0.05) is 45.5 Å². The van der Waals surface area contributed by atoms with Gasteiger partial charge in [-0.3, -0.25) is 4.79 Å². The highest BCUT2D eigenvalue weighted by molar-refractivity contribution is 5.90. The Kier molecular flexibility index (Phi) is 5.06. The summed E-state index contributed by atoms with van der Waals surface area (Å²) in [6, 6.07) is 24.8. The first-order valence-electron chi connectivity index (χ1n) is 11.0. The lowest BCUT2D eigenvalue weighted by Crippen LogP contribution is -2.07. The van der Waals surface area contributed by atoms with Crippen LogP contribution in [0.2, 0.25) is 0 Å². The van der Waals surface area contributed by atoms with E-state index in [9.17, 15) is 4.79 Å². The summed E-state index contributed by atoms with van der Waals surface area (Å²) in [5.74, 6) is 0.373. The maximum Gasteiger partial charge on any atom is 0.310 e. The van der Waals surface area contributed by atoms with Crippen LogP contribution in [-0.4, -0.2) is 15.9 Å². The first-order chi connectivity index (χ1) is 15.6. The van der Waals surface area contributed by atoms with E-state index in [0.29, 0.717) is 12.2 Å². The van der Waals surface area contributed by atoms with Crippen LogP contribution in [0.1, 0.15) is 47.3 Å². The number of carbonyl (C=O) groups is 1. The predicted octanol–water partition coefficient (Wildman–Crippen LogP) is 6.76. The number of hydrogen-bond donors (Lipinski definition) is 2. The van der Waals surface area contributed by atoms with Crippen molar-refractivity contribution in [2.45, 2.75) is 33.1 Å². The van der Waals surface area contributed by atoms with Crippen molar-refractivity contribution in [3.63, 3.8) is 0 Å². The number of aryl methyl sites for hydroxylation is 2. The lowest BCUT2D eigenvalue weighted by Gasteiger charge is -2.20. The number of H-pyrrole nitrogens is 2. The van der Waals surface area contributed by atoms with Crippen molar-refractivity contribution in [1.29, 1.82) is 0 Å². The van der Waals surface area contributed by atoms with E-state index in [1.54, 1.807) is 6.92 Å². The zero-order chi connectivity index (χ0) is 22.2. The topological polar surface area (TPSA) is 57.9 Å². The van der Waals surface area contributed by atoms with E-state index in [0.717, 1.165) is 28.0 Å². The Balaban J connectivity index is 1.74. The molecule has 0 radical (unpaired) electrons. The fourth-order valence-corrected chi connectivity index (χ4v) is 4.75. The molecule has 5 aromatic rings. The molecule has 0 aliphatic carbocycles. The van der Waals surface area contributed by atoms with Crippen LogP contribution in [0.4, 0.5) is 0 Å². The quantitative estimate of drug-likeness (QED) is 0.243. The number of aromatic amines is 2. The van der Waals surface area contributed by atoms with E-state index in [2.05, 4.69) is 84.5 Å². The molecule has 2 heterocycles. The van der Waals surface area contributed by atoms with E-state index >= 15 is 0 Å². The highest BCUT2D eigenvalue weighted by Crippen LogP contribution is 2.42. The summed E-state index contributed by atoms with van der Waals surface area (Å²) in [5.41, 5.74) is 8.28. The molecule has 4 nitrogen and oxygen atoms in total. The standard InChI is InChI=1S/C28H26N2O2/c1-4-25(31)32-20-15-13-19(14-16-20)28(26-17(2)29-23-11-7-5-9-21(23)26)27-18(3)30-24-12-8-6-10-22(24)27/h5-16,28-30H,4H2,1-3H3. The Labute approximate surface area is 187 Å². The molecule has 0 aliphatic rings. The second-order valence-electron chi connectivity index (χ2n) is 8.25. The Morgan fingerprint density at radius 3 is 1.78 bits per heavy atom. The van der Waals surface area contributed by atoms with Gasteiger partial charge >= 0.3 is 5.97 Å². The van der Waals surface area contributed by atoms with E-state index in [-0.39, 0.29) is 11.9 Å². The maximum absolute atomic E-state index is 11.7. The van der Waals surface area contributed by atoms with Crippen molar-refractivity contribution in [3.05, 3.63) is 101 Å². The molecule has 0 atom stereocenters. The molecule has 0 saturated heterocycles. The summed E-state index contributed by atoms with van der Waals surface area (Å²) >= 11 is 0. The van der Waals surface area contributed by atoms with Crippen LogP contribution in [0.15, 0.2) is 72.8 Å². The molecule has 4 heteroatoms. The normalized spacial score (nSPS) is 11.5. The van der Waals surface area contributed by atoms with E-state index in [4.69, 9.17) is 4.74 Å². The van der Waals surface area contributed by atoms with Gasteiger partial charge in [-0.2, -0.15) is 0 Å². The van der Waals surface area contributed by atoms with Gasteiger partial charge in [0.15, 0.2) is 0 Å². The van der Waals surface area contributed by atoms with Gasteiger partial charge in [0.25, 0.3) is 0 Å². The SMILES string of the molecule is CCC(=O)Oc1ccc(C(c2c(C)[nH]c3ccccc23)c2c(C)[nH]c3ccccc23)cc1. The van der Waals surface area contributed by atoms with E-state index in [1.807, 2.05) is 12.1 Å². The molecule has 2 aromatic heterocycles. The van der Waals surface area contributed by atoms with Gasteiger partial charge in [-0.25, -0.2) is 0 Å². The number of para-hydroxylation sites is 2. The Morgan fingerprint density at radius 2 is 1.28 bits per heavy atom. The number of aromatic nitrogens is 2. The Morgan fingerprint density at radius 1 is 0.781 bits per heavy atom. The fourth-order valence-electron chi connectivity index (χ4n) is 4.75. The number of rotatable bonds is 5. The third-order valence-electron chi connectivity index (χ3n) is 6.20. The van der Waals surface area contributed by atoms with Gasteiger partial charge in [0.1, 0.15) is 5.75 Å². The highest BCUT2D eigenvalue weighted by Gasteiger charge is 2.27. The van der Waals surface area contributed by atoms with Gasteiger partial charge in [-0.15, -0.1) is 0 Å². The monoisotopic (exact) mass is 422 g/mol. The van der Waals surface area contributed by atoms with E-state index < -0.39 is 0 Å². The van der Waals surface area contributed by atoms with Gasteiger partial charge in [0.05, 0.1) is 0 Å². The minimum Gasteiger partial charge on any atom is -0.427 e. The summed E-state index contributed by atoms with van der Waals surface area (Å²) in [6.07, 6.45) is 0.355. The van der Waals surface area contributed by atoms with Crippen molar-refractivity contribution < 1.29 is 9.53 Å². The molecule has 32 heavy (non-hydrogen) atoms. The van der Waals surface area contributed by atoms with Crippen LogP contribution < -0.4 is 4.74 Å².